The van der Waals surface area contributed by atoms with E-state index in [0.717, 1.165) is 31.0 Å². The zero-order valence-corrected chi connectivity index (χ0v) is 13.4. The van der Waals surface area contributed by atoms with E-state index in [1.54, 1.807) is 35.2 Å². The van der Waals surface area contributed by atoms with Crippen molar-refractivity contribution in [1.82, 2.24) is 4.90 Å². The first kappa shape index (κ1) is 16.9. The maximum Gasteiger partial charge on any atom is 0.311 e. The molecule has 1 atom stereocenters. The molecule has 2 aromatic carbocycles. The van der Waals surface area contributed by atoms with Crippen molar-refractivity contribution in [1.29, 1.82) is 0 Å². The highest BCUT2D eigenvalue weighted by molar-refractivity contribution is 5.83. The summed E-state index contributed by atoms with van der Waals surface area (Å²) >= 11 is 0. The average molecular weight is 344 g/mol. The Morgan fingerprint density at radius 3 is 2.48 bits per heavy atom. The van der Waals surface area contributed by atoms with Gasteiger partial charge in [-0.05, 0) is 18.9 Å². The molecule has 0 aromatic heterocycles. The molecule has 130 valence electrons. The van der Waals surface area contributed by atoms with Gasteiger partial charge >= 0.3 is 5.69 Å². The summed E-state index contributed by atoms with van der Waals surface area (Å²) in [7, 11) is 0. The van der Waals surface area contributed by atoms with Crippen LogP contribution < -0.4 is 4.74 Å². The lowest BCUT2D eigenvalue weighted by Crippen LogP contribution is -2.35. The van der Waals surface area contributed by atoms with Crippen LogP contribution >= 0.6 is 0 Å². The van der Waals surface area contributed by atoms with E-state index in [4.69, 9.17) is 4.74 Å². The molecule has 0 unspecified atom stereocenters. The first-order valence-electron chi connectivity index (χ1n) is 8.00. The molecule has 1 aliphatic rings. The van der Waals surface area contributed by atoms with E-state index in [1.165, 1.54) is 0 Å². The SMILES string of the molecule is O=C([C@H](Oc1cc(F)ccc1[N+](=O)[O-])c1ccccc1)N1CCCC1. The summed E-state index contributed by atoms with van der Waals surface area (Å²) in [6.07, 6.45) is 0.764. The van der Waals surface area contributed by atoms with Crippen LogP contribution in [0.3, 0.4) is 0 Å². The lowest BCUT2D eigenvalue weighted by molar-refractivity contribution is -0.386. The number of halogens is 1. The Bertz CT molecular complexity index is 776. The van der Waals surface area contributed by atoms with Crippen molar-refractivity contribution in [3.05, 3.63) is 70.0 Å². The average Bonchev–Trinajstić information content (AvgIpc) is 3.14. The summed E-state index contributed by atoms with van der Waals surface area (Å²) < 4.78 is 19.2. The van der Waals surface area contributed by atoms with Crippen LogP contribution in [-0.2, 0) is 4.79 Å². The van der Waals surface area contributed by atoms with E-state index in [-0.39, 0.29) is 17.3 Å². The molecule has 0 bridgehead atoms. The van der Waals surface area contributed by atoms with E-state index < -0.39 is 16.8 Å². The fourth-order valence-electron chi connectivity index (χ4n) is 2.85. The Labute approximate surface area is 144 Å². The molecule has 0 aliphatic carbocycles. The summed E-state index contributed by atoms with van der Waals surface area (Å²) in [4.78, 5) is 25.1. The molecule has 1 fully saturated rings. The number of hydrogen-bond donors (Lipinski definition) is 0. The Kier molecular flexibility index (Phi) is 4.92. The maximum absolute atomic E-state index is 13.6. The Hall–Kier alpha value is -2.96. The number of likely N-dealkylation sites (tertiary alicyclic amines) is 1. The number of nitro benzene ring substituents is 1. The van der Waals surface area contributed by atoms with Crippen LogP contribution in [-0.4, -0.2) is 28.8 Å². The third-order valence-corrected chi connectivity index (χ3v) is 4.11. The normalized spacial score (nSPS) is 15.0. The van der Waals surface area contributed by atoms with Gasteiger partial charge in [0.25, 0.3) is 5.91 Å². The molecule has 7 heteroatoms. The molecular formula is C18H17FN2O4. The van der Waals surface area contributed by atoms with Gasteiger partial charge in [0.2, 0.25) is 11.9 Å². The first-order chi connectivity index (χ1) is 12.1. The largest absolute Gasteiger partial charge is 0.468 e. The Morgan fingerprint density at radius 1 is 1.16 bits per heavy atom. The molecule has 6 nitrogen and oxygen atoms in total. The lowest BCUT2D eigenvalue weighted by atomic mass is 10.1. The van der Waals surface area contributed by atoms with E-state index in [1.807, 2.05) is 0 Å². The van der Waals surface area contributed by atoms with Gasteiger partial charge in [0.1, 0.15) is 5.82 Å². The first-order valence-corrected chi connectivity index (χ1v) is 8.00. The minimum Gasteiger partial charge on any atom is -0.468 e. The van der Waals surface area contributed by atoms with E-state index >= 15 is 0 Å². The monoisotopic (exact) mass is 344 g/mol. The van der Waals surface area contributed by atoms with Crippen LogP contribution in [0, 0.1) is 15.9 Å². The molecular weight excluding hydrogens is 327 g/mol. The molecule has 25 heavy (non-hydrogen) atoms. The summed E-state index contributed by atoms with van der Waals surface area (Å²) in [5, 5.41) is 11.2. The summed E-state index contributed by atoms with van der Waals surface area (Å²) in [5.41, 5.74) is 0.189. The van der Waals surface area contributed by atoms with Gasteiger partial charge in [-0.25, -0.2) is 4.39 Å². The second-order valence-electron chi connectivity index (χ2n) is 5.81. The predicted octanol–water partition coefficient (Wildman–Crippen LogP) is 3.48. The van der Waals surface area contributed by atoms with Crippen LogP contribution in [0.5, 0.6) is 5.75 Å². The van der Waals surface area contributed by atoms with E-state index in [0.29, 0.717) is 18.7 Å². The van der Waals surface area contributed by atoms with Crippen LogP contribution in [0.1, 0.15) is 24.5 Å². The van der Waals surface area contributed by atoms with Gasteiger partial charge in [-0.15, -0.1) is 0 Å². The van der Waals surface area contributed by atoms with Crippen LogP contribution in [0.2, 0.25) is 0 Å². The number of ether oxygens (including phenoxy) is 1. The summed E-state index contributed by atoms with van der Waals surface area (Å²) in [6.45, 7) is 1.24. The third kappa shape index (κ3) is 3.76. The molecule has 1 heterocycles. The van der Waals surface area contributed by atoms with Crippen molar-refractivity contribution in [2.75, 3.05) is 13.1 Å². The third-order valence-electron chi connectivity index (χ3n) is 4.11. The molecule has 0 spiro atoms. The number of nitrogens with zero attached hydrogens (tertiary/aromatic N) is 2. The summed E-state index contributed by atoms with van der Waals surface area (Å²) in [6, 6.07) is 11.7. The molecule has 0 N–H and O–H groups in total. The topological polar surface area (TPSA) is 72.7 Å². The van der Waals surface area contributed by atoms with Gasteiger partial charge in [0, 0.05) is 30.8 Å². The van der Waals surface area contributed by atoms with Crippen molar-refractivity contribution in [2.24, 2.45) is 0 Å². The number of benzene rings is 2. The zero-order chi connectivity index (χ0) is 17.8. The van der Waals surface area contributed by atoms with E-state index in [2.05, 4.69) is 0 Å². The molecule has 1 amide bonds. The van der Waals surface area contributed by atoms with Gasteiger partial charge in [0.05, 0.1) is 4.92 Å². The second-order valence-corrected chi connectivity index (χ2v) is 5.81. The van der Waals surface area contributed by atoms with Crippen LogP contribution in [0.25, 0.3) is 0 Å². The number of carbonyl (C=O) groups excluding carboxylic acids is 1. The van der Waals surface area contributed by atoms with Crippen molar-refractivity contribution in [3.8, 4) is 5.75 Å². The zero-order valence-electron chi connectivity index (χ0n) is 13.4. The van der Waals surface area contributed by atoms with Gasteiger partial charge < -0.3 is 9.64 Å². The quantitative estimate of drug-likeness (QED) is 0.615. The number of rotatable bonds is 5. The van der Waals surface area contributed by atoms with E-state index in [9.17, 15) is 19.3 Å². The highest BCUT2D eigenvalue weighted by Crippen LogP contribution is 2.33. The maximum atomic E-state index is 13.6. The molecule has 1 saturated heterocycles. The Balaban J connectivity index is 1.97. The minimum atomic E-state index is -1.06. The van der Waals surface area contributed by atoms with Gasteiger partial charge in [-0.2, -0.15) is 0 Å². The predicted molar refractivity (Wildman–Crippen MR) is 88.7 cm³/mol. The Morgan fingerprint density at radius 2 is 1.84 bits per heavy atom. The standard InChI is InChI=1S/C18H17FN2O4/c19-14-8-9-15(21(23)24)16(12-14)25-17(13-6-2-1-3-7-13)18(22)20-10-4-5-11-20/h1-3,6-9,12,17H,4-5,10-11H2/t17-/m1/s1. The fourth-order valence-corrected chi connectivity index (χ4v) is 2.85. The van der Waals surface area contributed by atoms with Gasteiger partial charge in [-0.1, -0.05) is 30.3 Å². The molecule has 3 rings (SSSR count). The van der Waals surface area contributed by atoms with Crippen molar-refractivity contribution < 1.29 is 18.8 Å². The number of carbonyl (C=O) groups is 1. The number of hydrogen-bond acceptors (Lipinski definition) is 4. The highest BCUT2D eigenvalue weighted by atomic mass is 19.1. The number of nitro groups is 1. The van der Waals surface area contributed by atoms with Crippen LogP contribution in [0.4, 0.5) is 10.1 Å². The van der Waals surface area contributed by atoms with Crippen molar-refractivity contribution in [2.45, 2.75) is 18.9 Å². The van der Waals surface area contributed by atoms with Crippen molar-refractivity contribution in [3.63, 3.8) is 0 Å². The van der Waals surface area contributed by atoms with Crippen molar-refractivity contribution >= 4 is 11.6 Å². The molecule has 0 saturated carbocycles. The van der Waals surface area contributed by atoms with Gasteiger partial charge in [0.15, 0.2) is 0 Å². The highest BCUT2D eigenvalue weighted by Gasteiger charge is 2.31. The van der Waals surface area contributed by atoms with Crippen LogP contribution in [0.15, 0.2) is 48.5 Å². The second kappa shape index (κ2) is 7.29. The number of amides is 1. The summed E-state index contributed by atoms with van der Waals surface area (Å²) in [5.74, 6) is -1.20. The minimum absolute atomic E-state index is 0.258. The smallest absolute Gasteiger partial charge is 0.311 e. The molecule has 2 aromatic rings. The van der Waals surface area contributed by atoms with Gasteiger partial charge in [-0.3, -0.25) is 14.9 Å². The fraction of sp³-hybridized carbons (Fsp3) is 0.278. The molecule has 0 radical (unpaired) electrons. The molecule has 1 aliphatic heterocycles. The lowest BCUT2D eigenvalue weighted by Gasteiger charge is -2.24.